The van der Waals surface area contributed by atoms with E-state index in [2.05, 4.69) is 0 Å². The van der Waals surface area contributed by atoms with Crippen LogP contribution in [0.4, 0.5) is 10.1 Å². The van der Waals surface area contributed by atoms with E-state index in [4.69, 9.17) is 10.8 Å². The predicted molar refractivity (Wildman–Crippen MR) is 54.6 cm³/mol. The van der Waals surface area contributed by atoms with Crippen LogP contribution in [0, 0.1) is 5.82 Å². The van der Waals surface area contributed by atoms with Crippen molar-refractivity contribution in [1.82, 2.24) is 0 Å². The van der Waals surface area contributed by atoms with Crippen molar-refractivity contribution in [2.45, 2.75) is 6.54 Å². The van der Waals surface area contributed by atoms with Crippen LogP contribution in [0.3, 0.4) is 0 Å². The highest BCUT2D eigenvalue weighted by atomic mass is 19.1. The zero-order valence-corrected chi connectivity index (χ0v) is 8.20. The van der Waals surface area contributed by atoms with Gasteiger partial charge in [0.2, 0.25) is 0 Å². The first-order chi connectivity index (χ1) is 6.69. The summed E-state index contributed by atoms with van der Waals surface area (Å²) in [5.74, 6) is -0.296. The van der Waals surface area contributed by atoms with E-state index >= 15 is 0 Å². The van der Waals surface area contributed by atoms with Gasteiger partial charge in [-0.05, 0) is 12.1 Å². The molecule has 0 aliphatic carbocycles. The van der Waals surface area contributed by atoms with Crippen LogP contribution in [-0.2, 0) is 6.54 Å². The SMILES string of the molecule is CN(CCO)c1ccc(CN)c(F)c1. The zero-order valence-electron chi connectivity index (χ0n) is 8.20. The molecule has 0 unspecified atom stereocenters. The van der Waals surface area contributed by atoms with Gasteiger partial charge < -0.3 is 15.7 Å². The van der Waals surface area contributed by atoms with Gasteiger partial charge in [-0.15, -0.1) is 0 Å². The molecule has 0 aliphatic rings. The smallest absolute Gasteiger partial charge is 0.129 e. The molecule has 0 atom stereocenters. The Morgan fingerprint density at radius 3 is 2.71 bits per heavy atom. The van der Waals surface area contributed by atoms with Gasteiger partial charge in [-0.3, -0.25) is 0 Å². The van der Waals surface area contributed by atoms with Crippen LogP contribution in [0.15, 0.2) is 18.2 Å². The summed E-state index contributed by atoms with van der Waals surface area (Å²) in [5.41, 5.74) is 6.59. The number of aliphatic hydroxyl groups is 1. The third-order valence-electron chi connectivity index (χ3n) is 2.13. The quantitative estimate of drug-likeness (QED) is 0.749. The Balaban J connectivity index is 2.85. The first-order valence-corrected chi connectivity index (χ1v) is 4.49. The van der Waals surface area contributed by atoms with Gasteiger partial charge in [-0.25, -0.2) is 4.39 Å². The maximum absolute atomic E-state index is 13.3. The minimum Gasteiger partial charge on any atom is -0.395 e. The lowest BCUT2D eigenvalue weighted by molar-refractivity contribution is 0.304. The average Bonchev–Trinajstić information content (AvgIpc) is 2.18. The summed E-state index contributed by atoms with van der Waals surface area (Å²) in [6.45, 7) is 0.744. The minimum atomic E-state index is -0.296. The number of likely N-dealkylation sites (N-methyl/N-ethyl adjacent to an activating group) is 1. The van der Waals surface area contributed by atoms with Crippen molar-refractivity contribution in [1.29, 1.82) is 0 Å². The Hall–Kier alpha value is -1.13. The monoisotopic (exact) mass is 198 g/mol. The summed E-state index contributed by atoms with van der Waals surface area (Å²) in [6, 6.07) is 4.89. The molecule has 0 heterocycles. The van der Waals surface area contributed by atoms with Gasteiger partial charge in [-0.1, -0.05) is 6.07 Å². The van der Waals surface area contributed by atoms with E-state index in [1.807, 2.05) is 0 Å². The summed E-state index contributed by atoms with van der Waals surface area (Å²) < 4.78 is 13.3. The van der Waals surface area contributed by atoms with E-state index < -0.39 is 0 Å². The van der Waals surface area contributed by atoms with Crippen molar-refractivity contribution < 1.29 is 9.50 Å². The van der Waals surface area contributed by atoms with Gasteiger partial charge in [0.1, 0.15) is 5.82 Å². The van der Waals surface area contributed by atoms with Gasteiger partial charge in [0.15, 0.2) is 0 Å². The van der Waals surface area contributed by atoms with Gasteiger partial charge >= 0.3 is 0 Å². The van der Waals surface area contributed by atoms with E-state index in [1.54, 1.807) is 24.1 Å². The Labute approximate surface area is 83.0 Å². The summed E-state index contributed by atoms with van der Waals surface area (Å²) in [7, 11) is 1.80. The number of halogens is 1. The lowest BCUT2D eigenvalue weighted by atomic mass is 10.2. The van der Waals surface area contributed by atoms with E-state index in [0.717, 1.165) is 5.69 Å². The minimum absolute atomic E-state index is 0.0523. The van der Waals surface area contributed by atoms with Gasteiger partial charge in [0, 0.05) is 31.4 Å². The van der Waals surface area contributed by atoms with Crippen molar-refractivity contribution in [3.63, 3.8) is 0 Å². The largest absolute Gasteiger partial charge is 0.395 e. The summed E-state index contributed by atoms with van der Waals surface area (Å²) in [6.07, 6.45) is 0. The predicted octanol–water partition coefficient (Wildman–Crippen LogP) is 0.713. The molecule has 4 heteroatoms. The maximum atomic E-state index is 13.3. The van der Waals surface area contributed by atoms with E-state index in [0.29, 0.717) is 12.1 Å². The summed E-state index contributed by atoms with van der Waals surface area (Å²) in [4.78, 5) is 1.78. The molecule has 0 saturated heterocycles. The summed E-state index contributed by atoms with van der Waals surface area (Å²) >= 11 is 0. The standard InChI is InChI=1S/C10H15FN2O/c1-13(4-5-14)9-3-2-8(7-12)10(11)6-9/h2-3,6,14H,4-5,7,12H2,1H3. The molecule has 1 aromatic carbocycles. The van der Waals surface area contributed by atoms with Gasteiger partial charge in [0.05, 0.1) is 6.61 Å². The zero-order chi connectivity index (χ0) is 10.6. The highest BCUT2D eigenvalue weighted by Gasteiger charge is 2.04. The molecule has 1 aromatic rings. The molecule has 3 nitrogen and oxygen atoms in total. The van der Waals surface area contributed by atoms with Crippen molar-refractivity contribution >= 4 is 5.69 Å². The molecule has 0 amide bonds. The maximum Gasteiger partial charge on any atom is 0.129 e. The lowest BCUT2D eigenvalue weighted by Gasteiger charge is -2.18. The number of aliphatic hydroxyl groups excluding tert-OH is 1. The van der Waals surface area contributed by atoms with Crippen LogP contribution in [-0.4, -0.2) is 25.3 Å². The Kier molecular flexibility index (Phi) is 3.85. The second kappa shape index (κ2) is 4.93. The van der Waals surface area contributed by atoms with E-state index in [1.165, 1.54) is 6.07 Å². The van der Waals surface area contributed by atoms with Crippen LogP contribution in [0.25, 0.3) is 0 Å². The normalized spacial score (nSPS) is 10.3. The third kappa shape index (κ3) is 2.43. The molecule has 3 N–H and O–H groups in total. The highest BCUT2D eigenvalue weighted by molar-refractivity contribution is 5.47. The molecule has 14 heavy (non-hydrogen) atoms. The van der Waals surface area contributed by atoms with E-state index in [9.17, 15) is 4.39 Å². The first kappa shape index (κ1) is 10.9. The fourth-order valence-corrected chi connectivity index (χ4v) is 1.22. The Bertz CT molecular complexity index is 304. The fourth-order valence-electron chi connectivity index (χ4n) is 1.22. The van der Waals surface area contributed by atoms with Gasteiger partial charge in [-0.2, -0.15) is 0 Å². The molecule has 0 saturated carbocycles. The molecule has 78 valence electrons. The molecule has 0 spiro atoms. The van der Waals surface area contributed by atoms with Crippen molar-refractivity contribution in [3.05, 3.63) is 29.6 Å². The van der Waals surface area contributed by atoms with Crippen LogP contribution < -0.4 is 10.6 Å². The van der Waals surface area contributed by atoms with Crippen LogP contribution in [0.2, 0.25) is 0 Å². The van der Waals surface area contributed by atoms with Gasteiger partial charge in [0.25, 0.3) is 0 Å². The second-order valence-corrected chi connectivity index (χ2v) is 3.12. The van der Waals surface area contributed by atoms with Crippen molar-refractivity contribution in [3.8, 4) is 0 Å². The average molecular weight is 198 g/mol. The number of nitrogens with zero attached hydrogens (tertiary/aromatic N) is 1. The third-order valence-corrected chi connectivity index (χ3v) is 2.13. The van der Waals surface area contributed by atoms with Crippen LogP contribution >= 0.6 is 0 Å². The highest BCUT2D eigenvalue weighted by Crippen LogP contribution is 2.16. The lowest BCUT2D eigenvalue weighted by Crippen LogP contribution is -2.21. The Morgan fingerprint density at radius 1 is 1.50 bits per heavy atom. The topological polar surface area (TPSA) is 49.5 Å². The first-order valence-electron chi connectivity index (χ1n) is 4.49. The number of hydrogen-bond donors (Lipinski definition) is 2. The van der Waals surface area contributed by atoms with E-state index in [-0.39, 0.29) is 19.0 Å². The molecule has 0 aliphatic heterocycles. The Morgan fingerprint density at radius 2 is 2.21 bits per heavy atom. The molecular formula is C10H15FN2O. The molecule has 0 aromatic heterocycles. The number of hydrogen-bond acceptors (Lipinski definition) is 3. The number of benzene rings is 1. The van der Waals surface area contributed by atoms with Crippen molar-refractivity contribution in [2.24, 2.45) is 5.73 Å². The summed E-state index contributed by atoms with van der Waals surface area (Å²) in [5, 5.41) is 8.71. The van der Waals surface area contributed by atoms with Crippen LogP contribution in [0.5, 0.6) is 0 Å². The second-order valence-electron chi connectivity index (χ2n) is 3.12. The number of rotatable bonds is 4. The number of anilines is 1. The number of nitrogens with two attached hydrogens (primary N) is 1. The fraction of sp³-hybridized carbons (Fsp3) is 0.400. The van der Waals surface area contributed by atoms with Crippen LogP contribution in [0.1, 0.15) is 5.56 Å². The molecule has 0 bridgehead atoms. The molecule has 1 rings (SSSR count). The van der Waals surface area contributed by atoms with Crippen molar-refractivity contribution in [2.75, 3.05) is 25.1 Å². The molecule has 0 fully saturated rings. The molecule has 0 radical (unpaired) electrons. The molecular weight excluding hydrogens is 183 g/mol.